The van der Waals surface area contributed by atoms with E-state index in [1.165, 1.54) is 0 Å². The predicted molar refractivity (Wildman–Crippen MR) is 78.0 cm³/mol. The van der Waals surface area contributed by atoms with Crippen molar-refractivity contribution in [3.63, 3.8) is 0 Å². The Balaban J connectivity index is 1.96. The van der Waals surface area contributed by atoms with Crippen molar-refractivity contribution in [1.29, 1.82) is 0 Å². The number of benzene rings is 1. The molecule has 1 aromatic carbocycles. The Morgan fingerprint density at radius 3 is 2.76 bits per heavy atom. The molecule has 1 atom stereocenters. The number of aromatic nitrogens is 2. The first-order valence-electron chi connectivity index (χ1n) is 6.93. The highest BCUT2D eigenvalue weighted by atomic mass is 16.5. The summed E-state index contributed by atoms with van der Waals surface area (Å²) in [6.07, 6.45) is 2.61. The lowest BCUT2D eigenvalue weighted by Gasteiger charge is -2.17. The van der Waals surface area contributed by atoms with E-state index in [0.29, 0.717) is 19.0 Å². The molecule has 0 fully saturated rings. The molecule has 2 aromatic rings. The highest BCUT2D eigenvalue weighted by molar-refractivity contribution is 5.45. The molecule has 0 spiro atoms. The van der Waals surface area contributed by atoms with Crippen molar-refractivity contribution in [2.75, 3.05) is 13.2 Å². The van der Waals surface area contributed by atoms with Crippen LogP contribution >= 0.6 is 0 Å². The summed E-state index contributed by atoms with van der Waals surface area (Å²) in [5.41, 5.74) is 4.59. The van der Waals surface area contributed by atoms with Gasteiger partial charge in [0.2, 0.25) is 0 Å². The second-order valence-corrected chi connectivity index (χ2v) is 4.89. The maximum Gasteiger partial charge on any atom is 0.161 e. The Labute approximate surface area is 123 Å². The van der Waals surface area contributed by atoms with Crippen LogP contribution in [0.25, 0.3) is 0 Å². The first-order valence-corrected chi connectivity index (χ1v) is 6.93. The molecule has 110 valence electrons. The van der Waals surface area contributed by atoms with E-state index < -0.39 is 0 Å². The number of nitrogens with one attached hydrogen (secondary N) is 1. The third kappa shape index (κ3) is 2.96. The molecule has 21 heavy (non-hydrogen) atoms. The summed E-state index contributed by atoms with van der Waals surface area (Å²) in [6, 6.07) is 7.45. The van der Waals surface area contributed by atoms with Crippen LogP contribution in [0.3, 0.4) is 0 Å². The van der Waals surface area contributed by atoms with Crippen LogP contribution in [0.15, 0.2) is 30.5 Å². The van der Waals surface area contributed by atoms with Crippen LogP contribution in [-0.2, 0) is 0 Å². The van der Waals surface area contributed by atoms with Crippen molar-refractivity contribution in [1.82, 2.24) is 15.4 Å². The summed E-state index contributed by atoms with van der Waals surface area (Å²) in [5.74, 6) is 7.94. The van der Waals surface area contributed by atoms with Crippen LogP contribution in [0.4, 0.5) is 0 Å². The molecule has 0 amide bonds. The normalized spacial score (nSPS) is 15.3. The number of fused-ring (bicyclic) bond motifs is 1. The summed E-state index contributed by atoms with van der Waals surface area (Å²) in [6.45, 7) is 3.19. The van der Waals surface area contributed by atoms with E-state index in [9.17, 15) is 0 Å². The molecule has 0 bridgehead atoms. The Morgan fingerprint density at radius 2 is 2.00 bits per heavy atom. The molecule has 0 aliphatic carbocycles. The second-order valence-electron chi connectivity index (χ2n) is 4.89. The number of rotatable bonds is 3. The minimum Gasteiger partial charge on any atom is -0.490 e. The van der Waals surface area contributed by atoms with Crippen LogP contribution in [0.5, 0.6) is 11.5 Å². The second kappa shape index (κ2) is 6.07. The van der Waals surface area contributed by atoms with Crippen LogP contribution < -0.4 is 20.7 Å². The van der Waals surface area contributed by atoms with Crippen molar-refractivity contribution in [2.45, 2.75) is 19.4 Å². The zero-order chi connectivity index (χ0) is 14.7. The first kappa shape index (κ1) is 13.8. The maximum absolute atomic E-state index is 5.72. The number of aryl methyl sites for hydroxylation is 1. The van der Waals surface area contributed by atoms with E-state index in [1.807, 2.05) is 31.2 Å². The standard InChI is InChI=1S/C15H18N4O2/c1-10-17-6-5-12(18-10)15(19-16)11-3-4-13-14(9-11)21-8-2-7-20-13/h3-6,9,15,19H,2,7-8,16H2,1H3. The minimum atomic E-state index is -0.219. The van der Waals surface area contributed by atoms with Gasteiger partial charge in [0.05, 0.1) is 24.9 Å². The Kier molecular flexibility index (Phi) is 3.98. The fourth-order valence-corrected chi connectivity index (χ4v) is 2.35. The quantitative estimate of drug-likeness (QED) is 0.657. The van der Waals surface area contributed by atoms with Crippen LogP contribution in [0, 0.1) is 6.92 Å². The highest BCUT2D eigenvalue weighted by Crippen LogP contribution is 2.33. The summed E-state index contributed by atoms with van der Waals surface area (Å²) in [5, 5.41) is 0. The average Bonchev–Trinajstić information content (AvgIpc) is 2.73. The first-order chi connectivity index (χ1) is 10.3. The van der Waals surface area contributed by atoms with Gasteiger partial charge in [-0.15, -0.1) is 0 Å². The van der Waals surface area contributed by atoms with Crippen LogP contribution in [0.1, 0.15) is 29.5 Å². The predicted octanol–water partition coefficient (Wildman–Crippen LogP) is 1.50. The van der Waals surface area contributed by atoms with E-state index in [2.05, 4.69) is 15.4 Å². The smallest absolute Gasteiger partial charge is 0.161 e. The Hall–Kier alpha value is -2.18. The van der Waals surface area contributed by atoms with Gasteiger partial charge in [0.25, 0.3) is 0 Å². The van der Waals surface area contributed by atoms with Crippen molar-refractivity contribution >= 4 is 0 Å². The van der Waals surface area contributed by atoms with Gasteiger partial charge in [-0.3, -0.25) is 5.84 Å². The molecule has 1 aliphatic heterocycles. The van der Waals surface area contributed by atoms with Crippen LogP contribution in [0.2, 0.25) is 0 Å². The van der Waals surface area contributed by atoms with Crippen molar-refractivity contribution in [2.24, 2.45) is 5.84 Å². The van der Waals surface area contributed by atoms with Gasteiger partial charge < -0.3 is 9.47 Å². The van der Waals surface area contributed by atoms with Gasteiger partial charge in [-0.05, 0) is 30.7 Å². The monoisotopic (exact) mass is 286 g/mol. The van der Waals surface area contributed by atoms with Crippen molar-refractivity contribution in [3.05, 3.63) is 47.5 Å². The molecule has 3 rings (SSSR count). The molecule has 6 nitrogen and oxygen atoms in total. The molecule has 3 N–H and O–H groups in total. The third-order valence-electron chi connectivity index (χ3n) is 3.36. The summed E-state index contributed by atoms with van der Waals surface area (Å²) in [4.78, 5) is 8.53. The van der Waals surface area contributed by atoms with E-state index >= 15 is 0 Å². The zero-order valence-electron chi connectivity index (χ0n) is 11.9. The molecule has 1 aliphatic rings. The van der Waals surface area contributed by atoms with Gasteiger partial charge in [-0.2, -0.15) is 0 Å². The maximum atomic E-state index is 5.72. The van der Waals surface area contributed by atoms with Gasteiger partial charge in [-0.1, -0.05) is 6.07 Å². The topological polar surface area (TPSA) is 82.3 Å². The fourth-order valence-electron chi connectivity index (χ4n) is 2.35. The number of hydrogen-bond donors (Lipinski definition) is 2. The lowest BCUT2D eigenvalue weighted by molar-refractivity contribution is 0.297. The lowest BCUT2D eigenvalue weighted by Crippen LogP contribution is -2.29. The van der Waals surface area contributed by atoms with Gasteiger partial charge in [0.1, 0.15) is 5.82 Å². The molecule has 0 saturated heterocycles. The van der Waals surface area contributed by atoms with Crippen molar-refractivity contribution < 1.29 is 9.47 Å². The van der Waals surface area contributed by atoms with Gasteiger partial charge in [-0.25, -0.2) is 15.4 Å². The summed E-state index contributed by atoms with van der Waals surface area (Å²) in [7, 11) is 0. The molecule has 1 unspecified atom stereocenters. The summed E-state index contributed by atoms with van der Waals surface area (Å²) >= 11 is 0. The molecule has 2 heterocycles. The molecule has 1 aromatic heterocycles. The highest BCUT2D eigenvalue weighted by Gasteiger charge is 2.18. The fraction of sp³-hybridized carbons (Fsp3) is 0.333. The average molecular weight is 286 g/mol. The molecule has 0 saturated carbocycles. The van der Waals surface area contributed by atoms with E-state index in [0.717, 1.165) is 29.2 Å². The largest absolute Gasteiger partial charge is 0.490 e. The number of nitrogens with zero attached hydrogens (tertiary/aromatic N) is 2. The summed E-state index contributed by atoms with van der Waals surface area (Å²) < 4.78 is 11.4. The molecular weight excluding hydrogens is 268 g/mol. The third-order valence-corrected chi connectivity index (χ3v) is 3.36. The minimum absolute atomic E-state index is 0.219. The zero-order valence-corrected chi connectivity index (χ0v) is 11.9. The van der Waals surface area contributed by atoms with E-state index in [-0.39, 0.29) is 6.04 Å². The van der Waals surface area contributed by atoms with Gasteiger partial charge >= 0.3 is 0 Å². The van der Waals surface area contributed by atoms with Crippen molar-refractivity contribution in [3.8, 4) is 11.5 Å². The number of hydrogen-bond acceptors (Lipinski definition) is 6. The number of nitrogens with two attached hydrogens (primary N) is 1. The van der Waals surface area contributed by atoms with Gasteiger partial charge in [0, 0.05) is 12.6 Å². The Morgan fingerprint density at radius 1 is 1.19 bits per heavy atom. The molecular formula is C15H18N4O2. The molecule has 6 heteroatoms. The van der Waals surface area contributed by atoms with E-state index in [4.69, 9.17) is 15.3 Å². The number of hydrazine groups is 1. The van der Waals surface area contributed by atoms with E-state index in [1.54, 1.807) is 6.20 Å². The molecule has 0 radical (unpaired) electrons. The van der Waals surface area contributed by atoms with Gasteiger partial charge in [0.15, 0.2) is 11.5 Å². The lowest BCUT2D eigenvalue weighted by atomic mass is 10.0. The number of ether oxygens (including phenoxy) is 2. The SMILES string of the molecule is Cc1nccc(C(NN)c2ccc3c(c2)OCCCO3)n1. The Bertz CT molecular complexity index is 633. The van der Waals surface area contributed by atoms with Crippen LogP contribution in [-0.4, -0.2) is 23.2 Å².